The zero-order valence-electron chi connectivity index (χ0n) is 39.1. The van der Waals surface area contributed by atoms with Crippen LogP contribution in [0.4, 0.5) is 0 Å². The lowest BCUT2D eigenvalue weighted by Gasteiger charge is -2.23. The number of methoxy groups -OCH3 is 4. The van der Waals surface area contributed by atoms with Crippen molar-refractivity contribution < 1.29 is 84.1 Å². The summed E-state index contributed by atoms with van der Waals surface area (Å²) in [6.45, 7) is 10.5. The van der Waals surface area contributed by atoms with Crippen LogP contribution < -0.4 is 4.74 Å². The van der Waals surface area contributed by atoms with E-state index >= 15 is 0 Å². The molecular formula is C45H73NO18S. The number of ketones is 1. The van der Waals surface area contributed by atoms with Gasteiger partial charge in [0.1, 0.15) is 23.7 Å². The number of hydrogen-bond donors (Lipinski definition) is 1. The summed E-state index contributed by atoms with van der Waals surface area (Å²) in [6.07, 6.45) is 4.07. The summed E-state index contributed by atoms with van der Waals surface area (Å²) in [6, 6.07) is 5.44. The first-order chi connectivity index (χ1) is 31.5. The fourth-order valence-electron chi connectivity index (χ4n) is 5.77. The van der Waals surface area contributed by atoms with E-state index in [1.165, 1.54) is 6.92 Å². The van der Waals surface area contributed by atoms with E-state index in [0.717, 1.165) is 5.56 Å². The molecule has 20 heteroatoms. The van der Waals surface area contributed by atoms with Gasteiger partial charge in [-0.15, -0.1) is 0 Å². The molecule has 1 aromatic carbocycles. The Kier molecular flexibility index (Phi) is 32.9. The van der Waals surface area contributed by atoms with Crippen LogP contribution in [0.5, 0.6) is 5.75 Å². The molecule has 0 aromatic heterocycles. The van der Waals surface area contributed by atoms with E-state index in [1.54, 1.807) is 58.8 Å². The molecule has 2 rings (SSSR count). The normalized spacial score (nSPS) is 14.5. The van der Waals surface area contributed by atoms with Gasteiger partial charge in [0.2, 0.25) is 0 Å². The summed E-state index contributed by atoms with van der Waals surface area (Å²) in [5, 5.41) is 0. The number of hydrogen-bond acceptors (Lipinski definition) is 18. The van der Waals surface area contributed by atoms with Crippen LogP contribution in [0.2, 0.25) is 0 Å². The van der Waals surface area contributed by atoms with E-state index in [9.17, 15) is 17.8 Å². The highest BCUT2D eigenvalue weighted by Gasteiger charge is 2.24. The van der Waals surface area contributed by atoms with Gasteiger partial charge in [-0.1, -0.05) is 6.07 Å². The molecule has 1 aliphatic carbocycles. The highest BCUT2D eigenvalue weighted by Crippen LogP contribution is 2.32. The van der Waals surface area contributed by atoms with Crippen molar-refractivity contribution in [2.75, 3.05) is 173 Å². The largest absolute Gasteiger partial charge is 0.486 e. The molecule has 65 heavy (non-hydrogen) atoms. The average molecular weight is 948 g/mol. The Labute approximate surface area is 385 Å². The summed E-state index contributed by atoms with van der Waals surface area (Å²) in [4.78, 5) is 18.5. The lowest BCUT2D eigenvalue weighted by Crippen LogP contribution is -2.30. The molecule has 0 aliphatic heterocycles. The predicted molar refractivity (Wildman–Crippen MR) is 243 cm³/mol. The Hall–Kier alpha value is -3.19. The lowest BCUT2D eigenvalue weighted by molar-refractivity contribution is -0.111. The monoisotopic (exact) mass is 947 g/mol. The molecule has 0 saturated carbocycles. The SMILES string of the molecule is COCCOCCOCC(COCCOCCOC)OC1=C/C(=C(\C(C)=O)c2cc(OC(COCCOCCOC)COCCOCCOC)ccc2C)C(=NCCCS(=O)(=O)O)C=C1. The summed E-state index contributed by atoms with van der Waals surface area (Å²) < 4.78 is 111. The zero-order chi connectivity index (χ0) is 47.4. The van der Waals surface area contributed by atoms with Gasteiger partial charge in [-0.05, 0) is 61.8 Å². The van der Waals surface area contributed by atoms with Gasteiger partial charge >= 0.3 is 0 Å². The van der Waals surface area contributed by atoms with E-state index in [1.807, 2.05) is 13.0 Å². The molecule has 0 spiro atoms. The number of aliphatic imine (C=N–C) groups is 1. The van der Waals surface area contributed by atoms with Crippen LogP contribution in [0.25, 0.3) is 5.57 Å². The molecule has 0 saturated heterocycles. The van der Waals surface area contributed by atoms with E-state index in [0.29, 0.717) is 140 Å². The summed E-state index contributed by atoms with van der Waals surface area (Å²) in [5.74, 6) is 0.117. The molecule has 0 unspecified atom stereocenters. The molecule has 0 amide bonds. The third-order valence-electron chi connectivity index (χ3n) is 8.95. The fraction of sp³-hybridized carbons (Fsp3) is 0.689. The summed E-state index contributed by atoms with van der Waals surface area (Å²) in [5.41, 5.74) is 2.52. The summed E-state index contributed by atoms with van der Waals surface area (Å²) >= 11 is 0. The molecule has 372 valence electrons. The first-order valence-electron chi connectivity index (χ1n) is 21.7. The maximum Gasteiger partial charge on any atom is 0.264 e. The van der Waals surface area contributed by atoms with E-state index in [-0.39, 0.29) is 45.2 Å². The third kappa shape index (κ3) is 27.9. The number of aryl methyl sites for hydroxylation is 1. The van der Waals surface area contributed by atoms with Crippen molar-refractivity contribution in [1.82, 2.24) is 0 Å². The van der Waals surface area contributed by atoms with Gasteiger partial charge < -0.3 is 66.3 Å². The number of ether oxygens (including phenoxy) is 14. The number of allylic oxidation sites excluding steroid dienone is 5. The number of benzene rings is 1. The van der Waals surface area contributed by atoms with Crippen molar-refractivity contribution in [1.29, 1.82) is 0 Å². The maximum atomic E-state index is 13.8. The van der Waals surface area contributed by atoms with E-state index in [4.69, 9.17) is 66.3 Å². The average Bonchev–Trinajstić information content (AvgIpc) is 3.27. The van der Waals surface area contributed by atoms with Crippen LogP contribution >= 0.6 is 0 Å². The molecule has 0 atom stereocenters. The van der Waals surface area contributed by atoms with Crippen LogP contribution in [0, 0.1) is 6.92 Å². The summed E-state index contributed by atoms with van der Waals surface area (Å²) in [7, 11) is 2.22. The predicted octanol–water partition coefficient (Wildman–Crippen LogP) is 3.36. The van der Waals surface area contributed by atoms with Crippen LogP contribution in [0.15, 0.2) is 52.8 Å². The Bertz CT molecular complexity index is 1630. The molecule has 1 aliphatic rings. The van der Waals surface area contributed by atoms with Crippen molar-refractivity contribution in [3.05, 3.63) is 58.9 Å². The first kappa shape index (κ1) is 57.9. The Morgan fingerprint density at radius 2 is 1.05 bits per heavy atom. The van der Waals surface area contributed by atoms with Crippen molar-refractivity contribution in [3.8, 4) is 5.75 Å². The standard InChI is InChI=1S/C45H73NO18S/c1-36-8-9-38(63-40(32-59-25-21-55-17-13-51-3)33-60-26-22-56-18-14-52-4)30-42(36)45(37(2)47)43-31-39(10-11-44(43)46-12-7-29-65(48,49)50)64-41(34-61-27-23-57-19-15-53-5)35-62-28-24-58-20-16-54-6/h8-11,30-31,40-41H,7,12-29,32-35H2,1-6H3,(H,48,49,50)/b45-43-,46-44?. The Morgan fingerprint density at radius 3 is 1.48 bits per heavy atom. The van der Waals surface area contributed by atoms with Crippen molar-refractivity contribution >= 4 is 27.2 Å². The van der Waals surface area contributed by atoms with Gasteiger partial charge in [0.05, 0.1) is 144 Å². The molecule has 0 fully saturated rings. The fourth-order valence-corrected chi connectivity index (χ4v) is 6.26. The molecule has 0 radical (unpaired) electrons. The van der Waals surface area contributed by atoms with E-state index in [2.05, 4.69) is 4.99 Å². The molecule has 1 aromatic rings. The smallest absolute Gasteiger partial charge is 0.264 e. The number of rotatable bonds is 42. The number of nitrogens with zero attached hydrogens (tertiary/aromatic N) is 1. The van der Waals surface area contributed by atoms with Crippen molar-refractivity contribution in [2.45, 2.75) is 32.5 Å². The number of carbonyl (C=O) groups is 1. The second kappa shape index (κ2) is 36.9. The minimum absolute atomic E-state index is 0.0551. The highest BCUT2D eigenvalue weighted by atomic mass is 32.2. The first-order valence-corrected chi connectivity index (χ1v) is 23.3. The van der Waals surface area contributed by atoms with Crippen LogP contribution in [0.3, 0.4) is 0 Å². The number of carbonyl (C=O) groups excluding carboxylic acids is 1. The van der Waals surface area contributed by atoms with Gasteiger partial charge in [-0.2, -0.15) is 8.42 Å². The van der Waals surface area contributed by atoms with Crippen LogP contribution in [0.1, 0.15) is 24.5 Å². The second-order valence-electron chi connectivity index (χ2n) is 14.3. The molecule has 0 bridgehead atoms. The highest BCUT2D eigenvalue weighted by molar-refractivity contribution is 7.85. The zero-order valence-corrected chi connectivity index (χ0v) is 39.9. The van der Waals surface area contributed by atoms with Gasteiger partial charge in [-0.3, -0.25) is 14.3 Å². The minimum Gasteiger partial charge on any atom is -0.486 e. The van der Waals surface area contributed by atoms with Gasteiger partial charge in [0.25, 0.3) is 10.1 Å². The van der Waals surface area contributed by atoms with Gasteiger partial charge in [-0.25, -0.2) is 0 Å². The number of Topliss-reactive ketones (excluding diaryl/α,β-unsaturated/α-hetero) is 1. The van der Waals surface area contributed by atoms with Gasteiger partial charge in [0.15, 0.2) is 5.78 Å². The Morgan fingerprint density at radius 1 is 0.615 bits per heavy atom. The third-order valence-corrected chi connectivity index (χ3v) is 9.75. The topological polar surface area (TPSA) is 213 Å². The quantitative estimate of drug-likeness (QED) is 0.0565. The van der Waals surface area contributed by atoms with Crippen LogP contribution in [-0.2, 0) is 76.5 Å². The lowest BCUT2D eigenvalue weighted by atomic mass is 9.89. The molecule has 1 N–H and O–H groups in total. The minimum atomic E-state index is -4.20. The molecule has 0 heterocycles. The maximum absolute atomic E-state index is 13.8. The van der Waals surface area contributed by atoms with Crippen LogP contribution in [-0.4, -0.2) is 210 Å². The molecule has 19 nitrogen and oxygen atoms in total. The van der Waals surface area contributed by atoms with Crippen molar-refractivity contribution in [2.24, 2.45) is 4.99 Å². The second-order valence-corrected chi connectivity index (χ2v) is 15.9. The van der Waals surface area contributed by atoms with Gasteiger partial charge in [0, 0.05) is 46.1 Å². The van der Waals surface area contributed by atoms with Crippen molar-refractivity contribution in [3.63, 3.8) is 0 Å². The van der Waals surface area contributed by atoms with E-state index < -0.39 is 28.1 Å². The molecular weight excluding hydrogens is 875 g/mol. The Balaban J connectivity index is 2.47.